The number of nitrogens with zero attached hydrogens (tertiary/aromatic N) is 1. The molecule has 4 nitrogen and oxygen atoms in total. The van der Waals surface area contributed by atoms with Gasteiger partial charge in [-0.1, -0.05) is 19.1 Å². The summed E-state index contributed by atoms with van der Waals surface area (Å²) < 4.78 is 0. The molecule has 1 aliphatic rings. The standard InChI is InChI=1S/C12H23N3OS/c1-3-10(7-11(13)17)15-6-4-5-9(8-15)12(16)14-2/h9-10H,3-8H2,1-2H3,(H2,13,17)(H,14,16). The summed E-state index contributed by atoms with van der Waals surface area (Å²) in [6, 6.07) is 0.389. The highest BCUT2D eigenvalue weighted by Gasteiger charge is 2.28. The average Bonchev–Trinajstić information content (AvgIpc) is 2.34. The van der Waals surface area contributed by atoms with E-state index in [1.54, 1.807) is 7.05 Å². The maximum absolute atomic E-state index is 11.7. The minimum atomic E-state index is 0.120. The summed E-state index contributed by atoms with van der Waals surface area (Å²) in [5, 5.41) is 2.74. The molecule has 0 saturated carbocycles. The van der Waals surface area contributed by atoms with Crippen molar-refractivity contribution in [3.05, 3.63) is 0 Å². The molecule has 0 spiro atoms. The zero-order chi connectivity index (χ0) is 12.8. The molecule has 2 atom stereocenters. The molecular weight excluding hydrogens is 234 g/mol. The van der Waals surface area contributed by atoms with Crippen LogP contribution in [-0.2, 0) is 4.79 Å². The van der Waals surface area contributed by atoms with Crippen molar-refractivity contribution in [2.75, 3.05) is 20.1 Å². The number of amides is 1. The summed E-state index contributed by atoms with van der Waals surface area (Å²) >= 11 is 4.98. The Balaban J connectivity index is 2.57. The minimum Gasteiger partial charge on any atom is -0.393 e. The van der Waals surface area contributed by atoms with Crippen LogP contribution >= 0.6 is 12.2 Å². The van der Waals surface area contributed by atoms with Crippen LogP contribution in [0.15, 0.2) is 0 Å². The van der Waals surface area contributed by atoms with Crippen LogP contribution in [0, 0.1) is 5.92 Å². The number of rotatable bonds is 5. The predicted molar refractivity (Wildman–Crippen MR) is 73.8 cm³/mol. The van der Waals surface area contributed by atoms with Crippen LogP contribution in [0.5, 0.6) is 0 Å². The Morgan fingerprint density at radius 3 is 2.88 bits per heavy atom. The molecule has 3 N–H and O–H groups in total. The maximum Gasteiger partial charge on any atom is 0.224 e. The fourth-order valence-electron chi connectivity index (χ4n) is 2.52. The van der Waals surface area contributed by atoms with Gasteiger partial charge >= 0.3 is 0 Å². The van der Waals surface area contributed by atoms with E-state index in [4.69, 9.17) is 18.0 Å². The first-order valence-corrected chi connectivity index (χ1v) is 6.73. The molecule has 17 heavy (non-hydrogen) atoms. The highest BCUT2D eigenvalue weighted by molar-refractivity contribution is 7.80. The summed E-state index contributed by atoms with van der Waals surface area (Å²) in [5.74, 6) is 0.272. The van der Waals surface area contributed by atoms with Crippen molar-refractivity contribution >= 4 is 23.1 Å². The first-order valence-electron chi connectivity index (χ1n) is 6.32. The molecule has 1 saturated heterocycles. The van der Waals surface area contributed by atoms with Gasteiger partial charge in [0, 0.05) is 26.1 Å². The van der Waals surface area contributed by atoms with E-state index in [1.807, 2.05) is 0 Å². The van der Waals surface area contributed by atoms with Crippen LogP contribution in [0.3, 0.4) is 0 Å². The number of hydrogen-bond donors (Lipinski definition) is 2. The third-order valence-corrected chi connectivity index (χ3v) is 3.66. The second kappa shape index (κ2) is 6.91. The van der Waals surface area contributed by atoms with Crippen molar-refractivity contribution < 1.29 is 4.79 Å². The van der Waals surface area contributed by atoms with Gasteiger partial charge in [-0.05, 0) is 25.8 Å². The van der Waals surface area contributed by atoms with Gasteiger partial charge in [-0.25, -0.2) is 0 Å². The largest absolute Gasteiger partial charge is 0.393 e. The SMILES string of the molecule is CCC(CC(N)=S)N1CCCC(C(=O)NC)C1. The monoisotopic (exact) mass is 257 g/mol. The van der Waals surface area contributed by atoms with Gasteiger partial charge in [0.05, 0.1) is 10.9 Å². The molecule has 0 bridgehead atoms. The number of thiocarbonyl (C=S) groups is 1. The normalized spacial score (nSPS) is 23.1. The summed E-state index contributed by atoms with van der Waals surface area (Å²) in [5.41, 5.74) is 5.62. The third-order valence-electron chi connectivity index (χ3n) is 3.49. The van der Waals surface area contributed by atoms with E-state index in [0.717, 1.165) is 38.8 Å². The average molecular weight is 257 g/mol. The van der Waals surface area contributed by atoms with Gasteiger partial charge in [0.2, 0.25) is 5.91 Å². The van der Waals surface area contributed by atoms with Crippen molar-refractivity contribution in [1.82, 2.24) is 10.2 Å². The molecule has 0 aromatic heterocycles. The van der Waals surface area contributed by atoms with Gasteiger partial charge in [0.25, 0.3) is 0 Å². The second-order valence-electron chi connectivity index (χ2n) is 4.68. The van der Waals surface area contributed by atoms with Crippen LogP contribution in [-0.4, -0.2) is 42.0 Å². The zero-order valence-corrected chi connectivity index (χ0v) is 11.6. The smallest absolute Gasteiger partial charge is 0.224 e. The molecule has 0 aromatic carbocycles. The number of nitrogens with two attached hydrogens (primary N) is 1. The molecule has 1 heterocycles. The van der Waals surface area contributed by atoms with Gasteiger partial charge in [0.1, 0.15) is 0 Å². The van der Waals surface area contributed by atoms with E-state index in [0.29, 0.717) is 11.0 Å². The quantitative estimate of drug-likeness (QED) is 0.719. The molecule has 2 unspecified atom stereocenters. The molecule has 1 fully saturated rings. The molecule has 0 aromatic rings. The molecule has 98 valence electrons. The van der Waals surface area contributed by atoms with E-state index < -0.39 is 0 Å². The molecule has 0 radical (unpaired) electrons. The van der Waals surface area contributed by atoms with Crippen LogP contribution < -0.4 is 11.1 Å². The lowest BCUT2D eigenvalue weighted by atomic mass is 9.94. The molecular formula is C12H23N3OS. The highest BCUT2D eigenvalue weighted by atomic mass is 32.1. The number of piperidine rings is 1. The van der Waals surface area contributed by atoms with E-state index >= 15 is 0 Å². The van der Waals surface area contributed by atoms with E-state index in [1.165, 1.54) is 0 Å². The lowest BCUT2D eigenvalue weighted by Crippen LogP contribution is -2.47. The number of likely N-dealkylation sites (tertiary alicyclic amines) is 1. The minimum absolute atomic E-state index is 0.120. The molecule has 1 aliphatic heterocycles. The van der Waals surface area contributed by atoms with Gasteiger partial charge in [0.15, 0.2) is 0 Å². The number of carbonyl (C=O) groups is 1. The van der Waals surface area contributed by atoms with Gasteiger partial charge in [-0.15, -0.1) is 0 Å². The van der Waals surface area contributed by atoms with Crippen molar-refractivity contribution in [1.29, 1.82) is 0 Å². The molecule has 1 rings (SSSR count). The maximum atomic E-state index is 11.7. The third kappa shape index (κ3) is 4.24. The molecule has 5 heteroatoms. The summed E-state index contributed by atoms with van der Waals surface area (Å²) in [7, 11) is 1.70. The Kier molecular flexibility index (Phi) is 5.85. The van der Waals surface area contributed by atoms with E-state index in [2.05, 4.69) is 17.1 Å². The first kappa shape index (κ1) is 14.4. The lowest BCUT2D eigenvalue weighted by molar-refractivity contribution is -0.126. The first-order chi connectivity index (χ1) is 8.08. The van der Waals surface area contributed by atoms with Crippen LogP contribution in [0.25, 0.3) is 0 Å². The fraction of sp³-hybridized carbons (Fsp3) is 0.833. The number of nitrogens with one attached hydrogen (secondary N) is 1. The van der Waals surface area contributed by atoms with Gasteiger partial charge < -0.3 is 11.1 Å². The Labute approximate surface area is 109 Å². The van der Waals surface area contributed by atoms with Crippen molar-refractivity contribution in [2.45, 2.75) is 38.6 Å². The van der Waals surface area contributed by atoms with Gasteiger partial charge in [-0.3, -0.25) is 9.69 Å². The topological polar surface area (TPSA) is 58.4 Å². The zero-order valence-electron chi connectivity index (χ0n) is 10.7. The second-order valence-corrected chi connectivity index (χ2v) is 5.21. The Morgan fingerprint density at radius 1 is 1.65 bits per heavy atom. The predicted octanol–water partition coefficient (Wildman–Crippen LogP) is 0.899. The Bertz CT molecular complexity index is 283. The van der Waals surface area contributed by atoms with Crippen LogP contribution in [0.4, 0.5) is 0 Å². The number of hydrogen-bond acceptors (Lipinski definition) is 3. The van der Waals surface area contributed by atoms with Crippen molar-refractivity contribution in [2.24, 2.45) is 11.7 Å². The van der Waals surface area contributed by atoms with Crippen molar-refractivity contribution in [3.63, 3.8) is 0 Å². The molecule has 0 aliphatic carbocycles. The lowest BCUT2D eigenvalue weighted by Gasteiger charge is -2.37. The van der Waals surface area contributed by atoms with Crippen molar-refractivity contribution in [3.8, 4) is 0 Å². The van der Waals surface area contributed by atoms with Gasteiger partial charge in [-0.2, -0.15) is 0 Å². The Hall–Kier alpha value is -0.680. The van der Waals surface area contributed by atoms with E-state index in [-0.39, 0.29) is 11.8 Å². The van der Waals surface area contributed by atoms with Crippen LogP contribution in [0.2, 0.25) is 0 Å². The van der Waals surface area contributed by atoms with Crippen LogP contribution in [0.1, 0.15) is 32.6 Å². The number of carbonyl (C=O) groups excluding carboxylic acids is 1. The fourth-order valence-corrected chi connectivity index (χ4v) is 2.71. The summed E-state index contributed by atoms with van der Waals surface area (Å²) in [6.07, 6.45) is 3.84. The highest BCUT2D eigenvalue weighted by Crippen LogP contribution is 2.21. The Morgan fingerprint density at radius 2 is 2.35 bits per heavy atom. The van der Waals surface area contributed by atoms with E-state index in [9.17, 15) is 4.79 Å². The summed E-state index contributed by atoms with van der Waals surface area (Å²) in [4.78, 5) is 14.6. The molecule has 1 amide bonds. The summed E-state index contributed by atoms with van der Waals surface area (Å²) in [6.45, 7) is 4.03.